The fourth-order valence-electron chi connectivity index (χ4n) is 2.99. The van der Waals surface area contributed by atoms with Gasteiger partial charge in [-0.05, 0) is 6.42 Å². The van der Waals surface area contributed by atoms with Gasteiger partial charge in [0.05, 0.1) is 17.2 Å². The molecule has 0 aliphatic heterocycles. The highest BCUT2D eigenvalue weighted by atomic mass is 79.9. The minimum absolute atomic E-state index is 0.0589. The Morgan fingerprint density at radius 2 is 2.35 bits per heavy atom. The molecule has 1 fully saturated rings. The predicted molar refractivity (Wildman–Crippen MR) is 87.2 cm³/mol. The minimum Gasteiger partial charge on any atom is -0.461 e. The van der Waals surface area contributed by atoms with Crippen molar-refractivity contribution in [1.29, 1.82) is 0 Å². The number of imidazole rings is 1. The van der Waals surface area contributed by atoms with E-state index in [-0.39, 0.29) is 40.5 Å². The van der Waals surface area contributed by atoms with E-state index in [4.69, 9.17) is 22.1 Å². The molecule has 23 heavy (non-hydrogen) atoms. The molecule has 0 bridgehead atoms. The molecule has 2 heterocycles. The van der Waals surface area contributed by atoms with E-state index in [1.54, 1.807) is 6.33 Å². The second-order valence-electron chi connectivity index (χ2n) is 5.46. The smallest absolute Gasteiger partial charge is 0.302 e. The standard InChI is InChI=1S/C13H15BrClN5O3/c1-5(22)23-10-6(3-21)2-7(8(10)14)20-4-17-9-11(15)18-13(16)19-12(9)20/h4,6-8,10,21H,2-3H2,1H3,(H2,16,18,19)/t6-,7-,8-,10-/m1/s1. The van der Waals surface area contributed by atoms with Gasteiger partial charge in [-0.15, -0.1) is 0 Å². The molecule has 1 aliphatic carbocycles. The Hall–Kier alpha value is -1.45. The first-order valence-electron chi connectivity index (χ1n) is 7.00. The van der Waals surface area contributed by atoms with Crippen molar-refractivity contribution in [2.45, 2.75) is 30.3 Å². The Bertz CT molecular complexity index is 755. The van der Waals surface area contributed by atoms with Gasteiger partial charge < -0.3 is 20.1 Å². The molecule has 8 nitrogen and oxygen atoms in total. The molecule has 10 heteroatoms. The fourth-order valence-corrected chi connectivity index (χ4v) is 4.22. The molecule has 4 atom stereocenters. The summed E-state index contributed by atoms with van der Waals surface area (Å²) in [6, 6.07) is -0.119. The van der Waals surface area contributed by atoms with Crippen molar-refractivity contribution >= 4 is 50.6 Å². The zero-order chi connectivity index (χ0) is 16.7. The number of aliphatic hydroxyl groups is 1. The maximum Gasteiger partial charge on any atom is 0.302 e. The average molecular weight is 405 g/mol. The van der Waals surface area contributed by atoms with Gasteiger partial charge in [0.1, 0.15) is 11.6 Å². The lowest BCUT2D eigenvalue weighted by molar-refractivity contribution is -0.148. The van der Waals surface area contributed by atoms with Crippen LogP contribution in [0.1, 0.15) is 19.4 Å². The van der Waals surface area contributed by atoms with Crippen molar-refractivity contribution in [3.05, 3.63) is 11.5 Å². The molecule has 0 amide bonds. The quantitative estimate of drug-likeness (QED) is 0.450. The number of fused-ring (bicyclic) bond motifs is 1. The number of anilines is 1. The van der Waals surface area contributed by atoms with Gasteiger partial charge >= 0.3 is 5.97 Å². The molecule has 3 rings (SSSR count). The Labute approximate surface area is 145 Å². The Morgan fingerprint density at radius 1 is 1.61 bits per heavy atom. The molecular weight excluding hydrogens is 390 g/mol. The van der Waals surface area contributed by atoms with Crippen molar-refractivity contribution in [1.82, 2.24) is 19.5 Å². The number of aliphatic hydroxyl groups excluding tert-OH is 1. The van der Waals surface area contributed by atoms with Gasteiger partial charge in [0.2, 0.25) is 5.95 Å². The zero-order valence-corrected chi connectivity index (χ0v) is 14.5. The molecule has 2 aromatic heterocycles. The number of hydrogen-bond donors (Lipinski definition) is 2. The summed E-state index contributed by atoms with van der Waals surface area (Å²) in [5.41, 5.74) is 6.63. The monoisotopic (exact) mass is 403 g/mol. The lowest BCUT2D eigenvalue weighted by Gasteiger charge is -2.21. The van der Waals surface area contributed by atoms with Gasteiger partial charge in [0, 0.05) is 19.4 Å². The SMILES string of the molecule is CC(=O)O[C@@H]1[C@@H](CO)C[C@@H](n2cnc3c(Cl)nc(N)nc32)[C@H]1Br. The predicted octanol–water partition coefficient (Wildman–Crippen LogP) is 1.31. The van der Waals surface area contributed by atoms with Gasteiger partial charge in [0.25, 0.3) is 0 Å². The number of alkyl halides is 1. The first-order valence-corrected chi connectivity index (χ1v) is 8.29. The van der Waals surface area contributed by atoms with E-state index in [2.05, 4.69) is 30.9 Å². The van der Waals surface area contributed by atoms with Crippen molar-refractivity contribution in [2.75, 3.05) is 12.3 Å². The summed E-state index contributed by atoms with van der Waals surface area (Å²) >= 11 is 9.62. The molecule has 124 valence electrons. The molecule has 0 unspecified atom stereocenters. The number of nitrogens with two attached hydrogens (primary N) is 1. The van der Waals surface area contributed by atoms with Crippen molar-refractivity contribution in [3.8, 4) is 0 Å². The number of esters is 1. The second kappa shape index (κ2) is 6.21. The van der Waals surface area contributed by atoms with Crippen LogP contribution in [0.15, 0.2) is 6.33 Å². The number of carbonyl (C=O) groups excluding carboxylic acids is 1. The summed E-state index contributed by atoms with van der Waals surface area (Å²) in [6.45, 7) is 1.27. The number of rotatable bonds is 3. The van der Waals surface area contributed by atoms with Crippen LogP contribution in [0, 0.1) is 5.92 Å². The van der Waals surface area contributed by atoms with Crippen LogP contribution < -0.4 is 5.73 Å². The van der Waals surface area contributed by atoms with E-state index in [0.29, 0.717) is 17.6 Å². The largest absolute Gasteiger partial charge is 0.461 e. The topological polar surface area (TPSA) is 116 Å². The highest BCUT2D eigenvalue weighted by Gasteiger charge is 2.45. The van der Waals surface area contributed by atoms with Gasteiger partial charge in [-0.2, -0.15) is 9.97 Å². The van der Waals surface area contributed by atoms with Crippen LogP contribution in [0.2, 0.25) is 5.15 Å². The molecule has 0 radical (unpaired) electrons. The third-order valence-electron chi connectivity index (χ3n) is 3.98. The highest BCUT2D eigenvalue weighted by Crippen LogP contribution is 2.42. The Kier molecular flexibility index (Phi) is 4.43. The first-order chi connectivity index (χ1) is 10.9. The molecule has 1 saturated carbocycles. The fraction of sp³-hybridized carbons (Fsp3) is 0.538. The summed E-state index contributed by atoms with van der Waals surface area (Å²) in [4.78, 5) is 23.4. The second-order valence-corrected chi connectivity index (χ2v) is 6.88. The Morgan fingerprint density at radius 3 is 3.00 bits per heavy atom. The number of hydrogen-bond acceptors (Lipinski definition) is 7. The van der Waals surface area contributed by atoms with E-state index >= 15 is 0 Å². The number of nitrogen functional groups attached to an aromatic ring is 1. The number of carbonyl (C=O) groups is 1. The van der Waals surface area contributed by atoms with Crippen molar-refractivity contribution < 1.29 is 14.6 Å². The summed E-state index contributed by atoms with van der Waals surface area (Å²) in [5.74, 6) is -0.507. The zero-order valence-electron chi connectivity index (χ0n) is 12.2. The van der Waals surface area contributed by atoms with Crippen LogP contribution in [0.25, 0.3) is 11.2 Å². The Balaban J connectivity index is 2.00. The summed E-state index contributed by atoms with van der Waals surface area (Å²) in [6.07, 6.45) is 1.76. The number of ether oxygens (including phenoxy) is 1. The summed E-state index contributed by atoms with van der Waals surface area (Å²) in [7, 11) is 0. The molecule has 3 N–H and O–H groups in total. The van der Waals surface area contributed by atoms with E-state index in [1.165, 1.54) is 6.92 Å². The summed E-state index contributed by atoms with van der Waals surface area (Å²) < 4.78 is 7.18. The van der Waals surface area contributed by atoms with Crippen LogP contribution >= 0.6 is 27.5 Å². The summed E-state index contributed by atoms with van der Waals surface area (Å²) in [5, 5.41) is 9.77. The number of halogens is 2. The molecular formula is C13H15BrClN5O3. The molecule has 1 aliphatic rings. The van der Waals surface area contributed by atoms with E-state index < -0.39 is 6.10 Å². The lowest BCUT2D eigenvalue weighted by atomic mass is 10.1. The van der Waals surface area contributed by atoms with Gasteiger partial charge in [-0.3, -0.25) is 4.79 Å². The first kappa shape index (κ1) is 16.4. The molecule has 0 spiro atoms. The third-order valence-corrected chi connectivity index (χ3v) is 5.38. The maximum absolute atomic E-state index is 11.3. The molecule has 0 aromatic carbocycles. The van der Waals surface area contributed by atoms with Crippen LogP contribution in [0.3, 0.4) is 0 Å². The van der Waals surface area contributed by atoms with Gasteiger partial charge in [0.15, 0.2) is 10.8 Å². The van der Waals surface area contributed by atoms with Crippen LogP contribution in [0.4, 0.5) is 5.95 Å². The lowest BCUT2D eigenvalue weighted by Crippen LogP contribution is -2.31. The maximum atomic E-state index is 11.3. The highest BCUT2D eigenvalue weighted by molar-refractivity contribution is 9.09. The average Bonchev–Trinajstić information content (AvgIpc) is 3.01. The van der Waals surface area contributed by atoms with Gasteiger partial charge in [-0.1, -0.05) is 27.5 Å². The van der Waals surface area contributed by atoms with Crippen molar-refractivity contribution in [2.24, 2.45) is 5.92 Å². The van der Waals surface area contributed by atoms with Crippen LogP contribution in [0.5, 0.6) is 0 Å². The minimum atomic E-state index is -0.436. The van der Waals surface area contributed by atoms with E-state index in [1.807, 2.05) is 4.57 Å². The van der Waals surface area contributed by atoms with Gasteiger partial charge in [-0.25, -0.2) is 4.98 Å². The third kappa shape index (κ3) is 2.88. The van der Waals surface area contributed by atoms with Crippen molar-refractivity contribution in [3.63, 3.8) is 0 Å². The van der Waals surface area contributed by atoms with Crippen LogP contribution in [-0.2, 0) is 9.53 Å². The van der Waals surface area contributed by atoms with E-state index in [9.17, 15) is 9.90 Å². The molecule has 0 saturated heterocycles. The van der Waals surface area contributed by atoms with Crippen LogP contribution in [-0.4, -0.2) is 48.1 Å². The number of nitrogens with zero attached hydrogens (tertiary/aromatic N) is 4. The number of aromatic nitrogens is 4. The normalized spacial score (nSPS) is 27.5. The molecule has 2 aromatic rings. The van der Waals surface area contributed by atoms with E-state index in [0.717, 1.165) is 0 Å².